The fourth-order valence-corrected chi connectivity index (χ4v) is 4.64. The molecule has 3 aromatic rings. The fourth-order valence-electron chi connectivity index (χ4n) is 4.09. The summed E-state index contributed by atoms with van der Waals surface area (Å²) in [6.07, 6.45) is 2.49. The Bertz CT molecular complexity index is 1010. The minimum atomic E-state index is -0.176. The zero-order valence-corrected chi connectivity index (χ0v) is 15.8. The van der Waals surface area contributed by atoms with Gasteiger partial charge in [0.2, 0.25) is 0 Å². The highest BCUT2D eigenvalue weighted by Gasteiger charge is 2.43. The number of nitrogens with one attached hydrogen (secondary N) is 1. The molecule has 1 amide bonds. The molecule has 0 radical (unpaired) electrons. The van der Waals surface area contributed by atoms with Gasteiger partial charge < -0.3 is 5.32 Å². The van der Waals surface area contributed by atoms with Gasteiger partial charge in [0.25, 0.3) is 5.91 Å². The van der Waals surface area contributed by atoms with E-state index in [-0.39, 0.29) is 17.2 Å². The van der Waals surface area contributed by atoms with Gasteiger partial charge in [-0.1, -0.05) is 43.3 Å². The van der Waals surface area contributed by atoms with Crippen molar-refractivity contribution in [1.29, 1.82) is 5.26 Å². The largest absolute Gasteiger partial charge is 0.349 e. The molecule has 134 valence electrons. The summed E-state index contributed by atoms with van der Waals surface area (Å²) in [6.45, 7) is 2.75. The van der Waals surface area contributed by atoms with E-state index in [2.05, 4.69) is 41.5 Å². The second-order valence-corrected chi connectivity index (χ2v) is 8.11. The minimum Gasteiger partial charge on any atom is -0.349 e. The Balaban J connectivity index is 1.68. The number of hydrogen-bond acceptors (Lipinski definition) is 4. The molecule has 0 fully saturated rings. The van der Waals surface area contributed by atoms with Gasteiger partial charge in [0.15, 0.2) is 5.01 Å². The van der Waals surface area contributed by atoms with Crippen molar-refractivity contribution in [2.24, 2.45) is 5.41 Å². The third kappa shape index (κ3) is 3.24. The second-order valence-electron chi connectivity index (χ2n) is 7.22. The maximum absolute atomic E-state index is 12.4. The molecule has 0 unspecified atom stereocenters. The summed E-state index contributed by atoms with van der Waals surface area (Å²) < 4.78 is 0. The standard InChI is InChI=1S/C22H19N3OS/c1-22(14-25-20(26)21-24-9-10-27-21)12-17-8-7-15(13-23)11-18(17)19(22)16-5-3-2-4-6-16/h2-11,19H,12,14H2,1H3,(H,25,26)/t19-,22-/m1/s1. The molecule has 1 aromatic heterocycles. The molecule has 1 N–H and O–H groups in total. The molecular weight excluding hydrogens is 354 g/mol. The van der Waals surface area contributed by atoms with Crippen molar-refractivity contribution >= 4 is 17.2 Å². The highest BCUT2D eigenvalue weighted by atomic mass is 32.1. The van der Waals surface area contributed by atoms with E-state index in [1.165, 1.54) is 28.0 Å². The Morgan fingerprint density at radius 2 is 2.15 bits per heavy atom. The number of rotatable bonds is 4. The van der Waals surface area contributed by atoms with Crippen molar-refractivity contribution in [2.75, 3.05) is 6.54 Å². The van der Waals surface area contributed by atoms with Gasteiger partial charge in [-0.05, 0) is 40.7 Å². The number of thiazole rings is 1. The molecule has 5 heteroatoms. The molecule has 0 bridgehead atoms. The van der Waals surface area contributed by atoms with Gasteiger partial charge in [-0.15, -0.1) is 11.3 Å². The lowest BCUT2D eigenvalue weighted by Crippen LogP contribution is -2.38. The average Bonchev–Trinajstić information content (AvgIpc) is 3.32. The van der Waals surface area contributed by atoms with Gasteiger partial charge in [-0.25, -0.2) is 4.98 Å². The molecule has 0 saturated heterocycles. The number of nitriles is 1. The molecule has 0 saturated carbocycles. The van der Waals surface area contributed by atoms with E-state index in [1.807, 2.05) is 30.3 Å². The lowest BCUT2D eigenvalue weighted by Gasteiger charge is -2.32. The van der Waals surface area contributed by atoms with Crippen LogP contribution >= 0.6 is 11.3 Å². The van der Waals surface area contributed by atoms with Crippen molar-refractivity contribution < 1.29 is 4.79 Å². The summed E-state index contributed by atoms with van der Waals surface area (Å²) in [5, 5.41) is 14.7. The van der Waals surface area contributed by atoms with Crippen LogP contribution in [0, 0.1) is 16.7 Å². The zero-order chi connectivity index (χ0) is 18.9. The van der Waals surface area contributed by atoms with E-state index in [9.17, 15) is 10.1 Å². The molecule has 1 aliphatic rings. The summed E-state index contributed by atoms with van der Waals surface area (Å²) in [4.78, 5) is 16.5. The smallest absolute Gasteiger partial charge is 0.280 e. The highest BCUT2D eigenvalue weighted by molar-refractivity contribution is 7.11. The summed E-state index contributed by atoms with van der Waals surface area (Å²) in [5.41, 5.74) is 4.13. The normalized spacial score (nSPS) is 20.7. The highest BCUT2D eigenvalue weighted by Crippen LogP contribution is 2.50. The number of amides is 1. The Morgan fingerprint density at radius 3 is 2.85 bits per heavy atom. The monoisotopic (exact) mass is 373 g/mol. The molecule has 2 aromatic carbocycles. The first kappa shape index (κ1) is 17.4. The molecule has 0 spiro atoms. The number of benzene rings is 2. The van der Waals surface area contributed by atoms with E-state index >= 15 is 0 Å². The van der Waals surface area contributed by atoms with Crippen LogP contribution in [-0.2, 0) is 6.42 Å². The van der Waals surface area contributed by atoms with Gasteiger partial charge >= 0.3 is 0 Å². The van der Waals surface area contributed by atoms with Crippen molar-refractivity contribution in [2.45, 2.75) is 19.3 Å². The van der Waals surface area contributed by atoms with Crippen molar-refractivity contribution in [3.05, 3.63) is 87.4 Å². The van der Waals surface area contributed by atoms with Crippen LogP contribution in [0.5, 0.6) is 0 Å². The van der Waals surface area contributed by atoms with Crippen molar-refractivity contribution in [3.63, 3.8) is 0 Å². The van der Waals surface area contributed by atoms with Crippen LogP contribution in [0.4, 0.5) is 0 Å². The van der Waals surface area contributed by atoms with E-state index in [4.69, 9.17) is 0 Å². The average molecular weight is 373 g/mol. The SMILES string of the molecule is C[C@]1(CNC(=O)c2nccs2)Cc2ccc(C#N)cc2[C@H]1c1ccccc1. The van der Waals surface area contributed by atoms with Crippen molar-refractivity contribution in [1.82, 2.24) is 10.3 Å². The predicted molar refractivity (Wildman–Crippen MR) is 106 cm³/mol. The number of carbonyl (C=O) groups is 1. The minimum absolute atomic E-state index is 0.124. The maximum atomic E-state index is 12.4. The summed E-state index contributed by atoms with van der Waals surface area (Å²) in [7, 11) is 0. The molecule has 0 aliphatic heterocycles. The Kier molecular flexibility index (Phi) is 4.51. The van der Waals surface area contributed by atoms with Crippen LogP contribution in [0.15, 0.2) is 60.1 Å². The number of carbonyl (C=O) groups excluding carboxylic acids is 1. The van der Waals surface area contributed by atoms with Crippen molar-refractivity contribution in [3.8, 4) is 6.07 Å². The number of nitrogens with zero attached hydrogens (tertiary/aromatic N) is 2. The van der Waals surface area contributed by atoms with Gasteiger partial charge in [-0.3, -0.25) is 4.79 Å². The van der Waals surface area contributed by atoms with Crippen LogP contribution in [0.3, 0.4) is 0 Å². The molecule has 1 aliphatic carbocycles. The van der Waals surface area contributed by atoms with Crippen LogP contribution in [-0.4, -0.2) is 17.4 Å². The first-order chi connectivity index (χ1) is 13.1. The Labute approximate surface area is 162 Å². The van der Waals surface area contributed by atoms with E-state index in [1.54, 1.807) is 11.6 Å². The topological polar surface area (TPSA) is 65.8 Å². The zero-order valence-electron chi connectivity index (χ0n) is 15.0. The second kappa shape index (κ2) is 6.98. The van der Waals surface area contributed by atoms with Gasteiger partial charge in [-0.2, -0.15) is 5.26 Å². The molecule has 27 heavy (non-hydrogen) atoms. The summed E-state index contributed by atoms with van der Waals surface area (Å²) in [6, 6.07) is 18.5. The molecule has 4 nitrogen and oxygen atoms in total. The third-order valence-electron chi connectivity index (χ3n) is 5.29. The lowest BCUT2D eigenvalue weighted by atomic mass is 9.74. The van der Waals surface area contributed by atoms with Crippen LogP contribution < -0.4 is 5.32 Å². The van der Waals surface area contributed by atoms with Crippen LogP contribution in [0.25, 0.3) is 0 Å². The Morgan fingerprint density at radius 1 is 1.33 bits per heavy atom. The quantitative estimate of drug-likeness (QED) is 0.747. The van der Waals surface area contributed by atoms with E-state index in [0.29, 0.717) is 17.1 Å². The maximum Gasteiger partial charge on any atom is 0.280 e. The fraction of sp³-hybridized carbons (Fsp3) is 0.227. The first-order valence-corrected chi connectivity index (χ1v) is 9.74. The molecule has 4 rings (SSSR count). The van der Waals surface area contributed by atoms with Gasteiger partial charge in [0.05, 0.1) is 11.6 Å². The third-order valence-corrected chi connectivity index (χ3v) is 6.06. The Hall–Kier alpha value is -2.97. The molecule has 2 atom stereocenters. The van der Waals surface area contributed by atoms with Gasteiger partial charge in [0.1, 0.15) is 0 Å². The van der Waals surface area contributed by atoms with Crippen LogP contribution in [0.1, 0.15) is 44.9 Å². The first-order valence-electron chi connectivity index (χ1n) is 8.86. The molecular formula is C22H19N3OS. The van der Waals surface area contributed by atoms with E-state index in [0.717, 1.165) is 6.42 Å². The van der Waals surface area contributed by atoms with Crippen LogP contribution in [0.2, 0.25) is 0 Å². The number of fused-ring (bicyclic) bond motifs is 1. The number of hydrogen-bond donors (Lipinski definition) is 1. The number of aromatic nitrogens is 1. The predicted octanol–water partition coefficient (Wildman–Crippen LogP) is 4.14. The summed E-state index contributed by atoms with van der Waals surface area (Å²) >= 11 is 1.34. The van der Waals surface area contributed by atoms with E-state index < -0.39 is 0 Å². The molecule has 1 heterocycles. The summed E-state index contributed by atoms with van der Waals surface area (Å²) in [5.74, 6) is -0.00898. The van der Waals surface area contributed by atoms with Gasteiger partial charge in [0, 0.05) is 24.0 Å². The lowest BCUT2D eigenvalue weighted by molar-refractivity contribution is 0.0931.